The number of aromatic nitrogens is 3. The highest BCUT2D eigenvalue weighted by Crippen LogP contribution is 2.30. The van der Waals surface area contributed by atoms with Gasteiger partial charge in [0.15, 0.2) is 0 Å². The Balaban J connectivity index is 1.31. The number of amides is 1. The van der Waals surface area contributed by atoms with Crippen LogP contribution in [0.4, 0.5) is 5.69 Å². The lowest BCUT2D eigenvalue weighted by molar-refractivity contribution is 0.0632. The van der Waals surface area contributed by atoms with Gasteiger partial charge in [-0.05, 0) is 31.0 Å². The number of piperazine rings is 1. The molecule has 2 saturated heterocycles. The van der Waals surface area contributed by atoms with Gasteiger partial charge >= 0.3 is 0 Å². The van der Waals surface area contributed by atoms with E-state index in [1.807, 2.05) is 27.8 Å². The molecular weight excluding hydrogens is 364 g/mol. The molecule has 0 N–H and O–H groups in total. The van der Waals surface area contributed by atoms with E-state index >= 15 is 0 Å². The number of halogens is 1. The van der Waals surface area contributed by atoms with Crippen LogP contribution in [-0.2, 0) is 6.54 Å². The predicted octanol–water partition coefficient (Wildman–Crippen LogP) is 1.99. The van der Waals surface area contributed by atoms with Crippen molar-refractivity contribution < 1.29 is 4.79 Å². The van der Waals surface area contributed by atoms with Crippen molar-refractivity contribution in [3.05, 3.63) is 41.4 Å². The van der Waals surface area contributed by atoms with E-state index in [9.17, 15) is 4.79 Å². The molecule has 2 aromatic rings. The lowest BCUT2D eigenvalue weighted by atomic mass is 10.1. The number of nitrogens with zero attached hydrogens (tertiary/aromatic N) is 6. The van der Waals surface area contributed by atoms with Gasteiger partial charge in [0.05, 0.1) is 17.3 Å². The van der Waals surface area contributed by atoms with E-state index in [0.29, 0.717) is 10.6 Å². The van der Waals surface area contributed by atoms with Crippen LogP contribution in [0.3, 0.4) is 0 Å². The second-order valence-corrected chi connectivity index (χ2v) is 7.56. The highest BCUT2D eigenvalue weighted by molar-refractivity contribution is 6.33. The Bertz CT molecular complexity index is 767. The summed E-state index contributed by atoms with van der Waals surface area (Å²) < 4.78 is 1.83. The van der Waals surface area contributed by atoms with Gasteiger partial charge in [-0.3, -0.25) is 14.4 Å². The largest absolute Gasteiger partial charge is 0.370 e. The van der Waals surface area contributed by atoms with Gasteiger partial charge in [0.25, 0.3) is 5.91 Å². The zero-order chi connectivity index (χ0) is 18.6. The first-order valence-electron chi connectivity index (χ1n) is 9.59. The maximum atomic E-state index is 12.8. The number of hydrogen-bond donors (Lipinski definition) is 0. The predicted molar refractivity (Wildman–Crippen MR) is 105 cm³/mol. The molecule has 8 heteroatoms. The minimum absolute atomic E-state index is 0.0702. The normalized spacial score (nSPS) is 18.3. The Morgan fingerprint density at radius 1 is 1.04 bits per heavy atom. The molecule has 27 heavy (non-hydrogen) atoms. The van der Waals surface area contributed by atoms with Crippen molar-refractivity contribution in [3.8, 4) is 0 Å². The van der Waals surface area contributed by atoms with Gasteiger partial charge < -0.3 is 9.80 Å². The number of rotatable bonds is 5. The Kier molecular flexibility index (Phi) is 5.59. The maximum Gasteiger partial charge on any atom is 0.253 e. The monoisotopic (exact) mass is 388 g/mol. The molecule has 0 bridgehead atoms. The molecule has 1 aromatic carbocycles. The van der Waals surface area contributed by atoms with Crippen LogP contribution in [0.1, 0.15) is 23.2 Å². The Morgan fingerprint density at radius 2 is 1.81 bits per heavy atom. The molecule has 0 aliphatic carbocycles. The van der Waals surface area contributed by atoms with Crippen molar-refractivity contribution >= 4 is 23.2 Å². The van der Waals surface area contributed by atoms with Crippen molar-refractivity contribution in [2.24, 2.45) is 0 Å². The summed E-state index contributed by atoms with van der Waals surface area (Å²) in [7, 11) is 0. The first kappa shape index (κ1) is 18.3. The van der Waals surface area contributed by atoms with E-state index in [1.165, 1.54) is 12.8 Å². The number of carbonyl (C=O) groups is 1. The molecule has 2 aliphatic heterocycles. The van der Waals surface area contributed by atoms with Crippen LogP contribution in [0, 0.1) is 0 Å². The summed E-state index contributed by atoms with van der Waals surface area (Å²) in [5.74, 6) is 0.0702. The molecule has 2 fully saturated rings. The Morgan fingerprint density at radius 3 is 2.48 bits per heavy atom. The van der Waals surface area contributed by atoms with Crippen molar-refractivity contribution in [2.45, 2.75) is 19.4 Å². The van der Waals surface area contributed by atoms with Crippen molar-refractivity contribution in [1.82, 2.24) is 24.6 Å². The third kappa shape index (κ3) is 4.25. The molecular formula is C19H25ClN6O. The Labute approximate surface area is 164 Å². The molecule has 4 rings (SSSR count). The molecule has 0 saturated carbocycles. The highest BCUT2D eigenvalue weighted by Gasteiger charge is 2.23. The van der Waals surface area contributed by atoms with E-state index in [4.69, 9.17) is 11.6 Å². The van der Waals surface area contributed by atoms with Crippen LogP contribution in [0.2, 0.25) is 5.02 Å². The summed E-state index contributed by atoms with van der Waals surface area (Å²) in [5, 5.41) is 4.80. The quantitative estimate of drug-likeness (QED) is 0.784. The van der Waals surface area contributed by atoms with Crippen LogP contribution in [0.25, 0.3) is 0 Å². The smallest absolute Gasteiger partial charge is 0.253 e. The zero-order valence-electron chi connectivity index (χ0n) is 15.4. The second kappa shape index (κ2) is 8.27. The molecule has 1 aromatic heterocycles. The van der Waals surface area contributed by atoms with Crippen LogP contribution < -0.4 is 4.90 Å². The minimum atomic E-state index is 0.0702. The van der Waals surface area contributed by atoms with Crippen LogP contribution in [0.5, 0.6) is 0 Å². The molecule has 144 valence electrons. The van der Waals surface area contributed by atoms with E-state index in [0.717, 1.165) is 58.0 Å². The van der Waals surface area contributed by atoms with E-state index in [1.54, 1.807) is 12.7 Å². The minimum Gasteiger partial charge on any atom is -0.370 e. The SMILES string of the molecule is O=C(c1ccc(N2CCCC2)c(Cl)c1)N1CCN(CCn2cncn2)CC1. The second-order valence-electron chi connectivity index (χ2n) is 7.15. The summed E-state index contributed by atoms with van der Waals surface area (Å²) >= 11 is 6.47. The number of anilines is 1. The van der Waals surface area contributed by atoms with E-state index < -0.39 is 0 Å². The fourth-order valence-electron chi connectivity index (χ4n) is 3.80. The van der Waals surface area contributed by atoms with Crippen LogP contribution in [0.15, 0.2) is 30.9 Å². The molecule has 0 radical (unpaired) electrons. The van der Waals surface area contributed by atoms with Crippen molar-refractivity contribution in [3.63, 3.8) is 0 Å². The van der Waals surface area contributed by atoms with Gasteiger partial charge in [-0.15, -0.1) is 0 Å². The summed E-state index contributed by atoms with van der Waals surface area (Å²) in [4.78, 5) is 23.4. The first-order chi connectivity index (χ1) is 13.2. The molecule has 1 amide bonds. The summed E-state index contributed by atoms with van der Waals surface area (Å²) in [6.45, 7) is 7.06. The maximum absolute atomic E-state index is 12.8. The van der Waals surface area contributed by atoms with Crippen molar-refractivity contribution in [2.75, 3.05) is 50.7 Å². The fraction of sp³-hybridized carbons (Fsp3) is 0.526. The summed E-state index contributed by atoms with van der Waals surface area (Å²) in [6.07, 6.45) is 5.70. The lowest BCUT2D eigenvalue weighted by Crippen LogP contribution is -2.49. The van der Waals surface area contributed by atoms with Crippen molar-refractivity contribution in [1.29, 1.82) is 0 Å². The topological polar surface area (TPSA) is 57.5 Å². The van der Waals surface area contributed by atoms with Gasteiger partial charge in [0.1, 0.15) is 12.7 Å². The fourth-order valence-corrected chi connectivity index (χ4v) is 4.10. The van der Waals surface area contributed by atoms with Gasteiger partial charge in [-0.1, -0.05) is 11.6 Å². The molecule has 0 unspecified atom stereocenters. The molecule has 3 heterocycles. The van der Waals surface area contributed by atoms with Gasteiger partial charge in [-0.25, -0.2) is 4.98 Å². The molecule has 2 aliphatic rings. The number of carbonyl (C=O) groups excluding carboxylic acids is 1. The van der Waals surface area contributed by atoms with Gasteiger partial charge in [0, 0.05) is 51.4 Å². The van der Waals surface area contributed by atoms with Gasteiger partial charge in [-0.2, -0.15) is 5.10 Å². The average molecular weight is 389 g/mol. The molecule has 0 spiro atoms. The number of hydrogen-bond acceptors (Lipinski definition) is 5. The Hall–Kier alpha value is -2.12. The molecule has 0 atom stereocenters. The number of benzene rings is 1. The van der Waals surface area contributed by atoms with Gasteiger partial charge in [0.2, 0.25) is 0 Å². The van der Waals surface area contributed by atoms with Crippen LogP contribution in [-0.4, -0.2) is 76.3 Å². The van der Waals surface area contributed by atoms with E-state index in [-0.39, 0.29) is 5.91 Å². The summed E-state index contributed by atoms with van der Waals surface area (Å²) in [6, 6.07) is 5.74. The lowest BCUT2D eigenvalue weighted by Gasteiger charge is -2.34. The highest BCUT2D eigenvalue weighted by atomic mass is 35.5. The first-order valence-corrected chi connectivity index (χ1v) is 9.97. The molecule has 7 nitrogen and oxygen atoms in total. The standard InChI is InChI=1S/C19H25ClN6O/c20-17-13-16(3-4-18(17)24-5-1-2-6-24)19(27)25-10-7-23(8-11-25)9-12-26-15-21-14-22-26/h3-4,13-15H,1-2,5-12H2. The zero-order valence-corrected chi connectivity index (χ0v) is 16.2. The van der Waals surface area contributed by atoms with Crippen LogP contribution >= 0.6 is 11.6 Å². The summed E-state index contributed by atoms with van der Waals surface area (Å²) in [5.41, 5.74) is 1.72. The average Bonchev–Trinajstić information content (AvgIpc) is 3.40. The third-order valence-corrected chi connectivity index (χ3v) is 5.72. The third-order valence-electron chi connectivity index (χ3n) is 5.41. The van der Waals surface area contributed by atoms with E-state index in [2.05, 4.69) is 19.9 Å².